The van der Waals surface area contributed by atoms with Crippen LogP contribution < -0.4 is 9.64 Å². The zero-order valence-corrected chi connectivity index (χ0v) is 12.4. The van der Waals surface area contributed by atoms with E-state index >= 15 is 0 Å². The summed E-state index contributed by atoms with van der Waals surface area (Å²) in [5.41, 5.74) is 2.35. The first-order valence-electron chi connectivity index (χ1n) is 7.04. The predicted octanol–water partition coefficient (Wildman–Crippen LogP) is 3.37. The van der Waals surface area contributed by atoms with Gasteiger partial charge >= 0.3 is 0 Å². The van der Waals surface area contributed by atoms with Crippen molar-refractivity contribution in [3.63, 3.8) is 0 Å². The number of methoxy groups -OCH3 is 1. The number of rotatable bonds is 3. The molecule has 1 atom stereocenters. The summed E-state index contributed by atoms with van der Waals surface area (Å²) in [5, 5.41) is 10.1. The van der Waals surface area contributed by atoms with Crippen LogP contribution in [0.3, 0.4) is 0 Å². The summed E-state index contributed by atoms with van der Waals surface area (Å²) < 4.78 is 5.40. The lowest BCUT2D eigenvalue weighted by atomic mass is 9.83. The Labute approximate surface area is 116 Å². The molecule has 106 valence electrons. The fourth-order valence-corrected chi connectivity index (χ4v) is 3.03. The lowest BCUT2D eigenvalue weighted by Crippen LogP contribution is -2.40. The molecule has 0 saturated carbocycles. The highest BCUT2D eigenvalue weighted by molar-refractivity contribution is 5.60. The normalized spacial score (nSPS) is 20.2. The maximum absolute atomic E-state index is 10.1. The Morgan fingerprint density at radius 1 is 1.37 bits per heavy atom. The van der Waals surface area contributed by atoms with E-state index in [0.29, 0.717) is 5.41 Å². The standard InChI is InChI=1S/C16H25NO2/c1-12(18)15-13(7-5-8-14(15)19-4)17-10-6-9-16(2,3)11-17/h5,7-8,12,18H,6,9-11H2,1-4H3. The van der Waals surface area contributed by atoms with Gasteiger partial charge in [-0.1, -0.05) is 19.9 Å². The molecule has 3 nitrogen and oxygen atoms in total. The summed E-state index contributed by atoms with van der Waals surface area (Å²) in [6, 6.07) is 6.01. The molecule has 0 amide bonds. The van der Waals surface area contributed by atoms with Gasteiger partial charge in [0, 0.05) is 24.3 Å². The van der Waals surface area contributed by atoms with Gasteiger partial charge in [-0.15, -0.1) is 0 Å². The molecule has 1 N–H and O–H groups in total. The van der Waals surface area contributed by atoms with Crippen LogP contribution in [0.4, 0.5) is 5.69 Å². The molecule has 1 aromatic rings. The molecule has 1 fully saturated rings. The van der Waals surface area contributed by atoms with E-state index in [1.54, 1.807) is 14.0 Å². The van der Waals surface area contributed by atoms with Crippen LogP contribution in [0.2, 0.25) is 0 Å². The highest BCUT2D eigenvalue weighted by atomic mass is 16.5. The Morgan fingerprint density at radius 2 is 2.11 bits per heavy atom. The Bertz CT molecular complexity index is 440. The van der Waals surface area contributed by atoms with E-state index in [2.05, 4.69) is 24.8 Å². The van der Waals surface area contributed by atoms with Crippen molar-refractivity contribution in [1.29, 1.82) is 0 Å². The second-order valence-electron chi connectivity index (χ2n) is 6.26. The molecule has 0 radical (unpaired) electrons. The molecule has 19 heavy (non-hydrogen) atoms. The van der Waals surface area contributed by atoms with Gasteiger partial charge in [0.25, 0.3) is 0 Å². The summed E-state index contributed by atoms with van der Waals surface area (Å²) in [4.78, 5) is 2.38. The Morgan fingerprint density at radius 3 is 2.68 bits per heavy atom. The van der Waals surface area contributed by atoms with E-state index in [0.717, 1.165) is 30.1 Å². The third-order valence-electron chi connectivity index (χ3n) is 3.92. The minimum absolute atomic E-state index is 0.331. The van der Waals surface area contributed by atoms with Gasteiger partial charge < -0.3 is 14.7 Å². The Balaban J connectivity index is 2.38. The van der Waals surface area contributed by atoms with Crippen LogP contribution in [0.5, 0.6) is 5.75 Å². The molecule has 1 aliphatic rings. The van der Waals surface area contributed by atoms with Crippen molar-refractivity contribution in [3.8, 4) is 5.75 Å². The average molecular weight is 263 g/mol. The van der Waals surface area contributed by atoms with Crippen molar-refractivity contribution < 1.29 is 9.84 Å². The predicted molar refractivity (Wildman–Crippen MR) is 78.9 cm³/mol. The molecule has 1 aromatic carbocycles. The quantitative estimate of drug-likeness (QED) is 0.907. The van der Waals surface area contributed by atoms with Crippen molar-refractivity contribution in [1.82, 2.24) is 0 Å². The fourth-order valence-electron chi connectivity index (χ4n) is 3.03. The lowest BCUT2D eigenvalue weighted by molar-refractivity contribution is 0.194. The first-order chi connectivity index (χ1) is 8.94. The SMILES string of the molecule is COc1cccc(N2CCCC(C)(C)C2)c1C(C)O. The number of piperidine rings is 1. The van der Waals surface area contributed by atoms with E-state index in [9.17, 15) is 5.11 Å². The molecule has 2 rings (SSSR count). The third kappa shape index (κ3) is 3.03. The number of hydrogen-bond acceptors (Lipinski definition) is 3. The van der Waals surface area contributed by atoms with E-state index in [4.69, 9.17) is 4.74 Å². The van der Waals surface area contributed by atoms with Gasteiger partial charge in [-0.3, -0.25) is 0 Å². The second kappa shape index (κ2) is 5.41. The molecule has 0 bridgehead atoms. The summed E-state index contributed by atoms with van der Waals surface area (Å²) >= 11 is 0. The van der Waals surface area contributed by atoms with Crippen molar-refractivity contribution in [2.75, 3.05) is 25.1 Å². The summed E-state index contributed by atoms with van der Waals surface area (Å²) in [5.74, 6) is 0.774. The summed E-state index contributed by atoms with van der Waals surface area (Å²) in [6.45, 7) is 8.50. The van der Waals surface area contributed by atoms with Crippen LogP contribution in [-0.4, -0.2) is 25.3 Å². The average Bonchev–Trinajstić information content (AvgIpc) is 2.36. The minimum Gasteiger partial charge on any atom is -0.496 e. The van der Waals surface area contributed by atoms with Crippen LogP contribution in [0.1, 0.15) is 45.3 Å². The van der Waals surface area contributed by atoms with E-state index in [1.807, 2.05) is 12.1 Å². The van der Waals surface area contributed by atoms with Crippen LogP contribution in [0.15, 0.2) is 18.2 Å². The highest BCUT2D eigenvalue weighted by Gasteiger charge is 2.28. The second-order valence-corrected chi connectivity index (χ2v) is 6.26. The van der Waals surface area contributed by atoms with Crippen molar-refractivity contribution in [2.24, 2.45) is 5.41 Å². The minimum atomic E-state index is -0.517. The van der Waals surface area contributed by atoms with Gasteiger partial charge in [-0.2, -0.15) is 0 Å². The van der Waals surface area contributed by atoms with Crippen LogP contribution in [0, 0.1) is 5.41 Å². The summed E-state index contributed by atoms with van der Waals surface area (Å²) in [7, 11) is 1.66. The first kappa shape index (κ1) is 14.2. The van der Waals surface area contributed by atoms with Gasteiger partial charge in [0.15, 0.2) is 0 Å². The molecular weight excluding hydrogens is 238 g/mol. The number of benzene rings is 1. The van der Waals surface area contributed by atoms with Crippen LogP contribution >= 0.6 is 0 Å². The summed E-state index contributed by atoms with van der Waals surface area (Å²) in [6.07, 6.45) is 1.94. The first-order valence-corrected chi connectivity index (χ1v) is 7.04. The molecule has 3 heteroatoms. The van der Waals surface area contributed by atoms with Crippen LogP contribution in [-0.2, 0) is 0 Å². The maximum Gasteiger partial charge on any atom is 0.126 e. The lowest BCUT2D eigenvalue weighted by Gasteiger charge is -2.40. The number of aliphatic hydroxyl groups excluding tert-OH is 1. The molecule has 1 saturated heterocycles. The molecule has 1 heterocycles. The number of aliphatic hydroxyl groups is 1. The monoisotopic (exact) mass is 263 g/mol. The fraction of sp³-hybridized carbons (Fsp3) is 0.625. The molecular formula is C16H25NO2. The van der Waals surface area contributed by atoms with E-state index in [1.165, 1.54) is 12.8 Å². The van der Waals surface area contributed by atoms with E-state index in [-0.39, 0.29) is 0 Å². The van der Waals surface area contributed by atoms with Crippen molar-refractivity contribution in [3.05, 3.63) is 23.8 Å². The van der Waals surface area contributed by atoms with Gasteiger partial charge in [0.1, 0.15) is 5.75 Å². The van der Waals surface area contributed by atoms with Crippen molar-refractivity contribution in [2.45, 2.75) is 39.7 Å². The zero-order chi connectivity index (χ0) is 14.0. The molecule has 0 spiro atoms. The van der Waals surface area contributed by atoms with Gasteiger partial charge in [-0.25, -0.2) is 0 Å². The van der Waals surface area contributed by atoms with Gasteiger partial charge in [-0.05, 0) is 37.3 Å². The number of hydrogen-bond donors (Lipinski definition) is 1. The highest BCUT2D eigenvalue weighted by Crippen LogP contribution is 2.38. The Kier molecular flexibility index (Phi) is 4.04. The maximum atomic E-state index is 10.1. The number of ether oxygens (including phenoxy) is 1. The van der Waals surface area contributed by atoms with Crippen LogP contribution in [0.25, 0.3) is 0 Å². The van der Waals surface area contributed by atoms with Gasteiger partial charge in [0.05, 0.1) is 13.2 Å². The Hall–Kier alpha value is -1.22. The van der Waals surface area contributed by atoms with Gasteiger partial charge in [0.2, 0.25) is 0 Å². The largest absolute Gasteiger partial charge is 0.496 e. The zero-order valence-electron chi connectivity index (χ0n) is 12.4. The topological polar surface area (TPSA) is 32.7 Å². The van der Waals surface area contributed by atoms with E-state index < -0.39 is 6.10 Å². The number of nitrogens with zero attached hydrogens (tertiary/aromatic N) is 1. The molecule has 1 aliphatic heterocycles. The molecule has 0 aliphatic carbocycles. The smallest absolute Gasteiger partial charge is 0.126 e. The molecule has 0 aromatic heterocycles. The number of anilines is 1. The van der Waals surface area contributed by atoms with Crippen molar-refractivity contribution >= 4 is 5.69 Å². The third-order valence-corrected chi connectivity index (χ3v) is 3.92. The molecule has 1 unspecified atom stereocenters.